The SMILES string of the molecule is Cc1ccc(C(=O)N2CCC(C(NC(=O)c3cccc(C)c3)C(=O)NC(C)C(C)C)CC2)cc1. The molecule has 3 amide bonds. The van der Waals surface area contributed by atoms with Gasteiger partial charge in [0.15, 0.2) is 0 Å². The van der Waals surface area contributed by atoms with Crippen molar-refractivity contribution >= 4 is 17.7 Å². The molecule has 3 rings (SSSR count). The highest BCUT2D eigenvalue weighted by Gasteiger charge is 2.35. The summed E-state index contributed by atoms with van der Waals surface area (Å²) in [5.41, 5.74) is 3.33. The number of hydrogen-bond acceptors (Lipinski definition) is 3. The number of benzene rings is 2. The molecule has 0 aliphatic carbocycles. The molecule has 1 fully saturated rings. The Kier molecular flexibility index (Phi) is 8.48. The number of carbonyl (C=O) groups excluding carboxylic acids is 3. The van der Waals surface area contributed by atoms with E-state index in [1.165, 1.54) is 0 Å². The number of aryl methyl sites for hydroxylation is 2. The molecule has 2 aromatic carbocycles. The first-order valence-corrected chi connectivity index (χ1v) is 12.2. The zero-order valence-electron chi connectivity index (χ0n) is 20.9. The molecule has 34 heavy (non-hydrogen) atoms. The number of rotatable bonds is 7. The molecular weight excluding hydrogens is 426 g/mol. The number of nitrogens with zero attached hydrogens (tertiary/aromatic N) is 1. The Morgan fingerprint density at radius 3 is 2.09 bits per heavy atom. The number of piperidine rings is 1. The molecule has 6 heteroatoms. The van der Waals surface area contributed by atoms with Crippen LogP contribution in [0.1, 0.15) is 65.5 Å². The van der Waals surface area contributed by atoms with E-state index >= 15 is 0 Å². The lowest BCUT2D eigenvalue weighted by molar-refractivity contribution is -0.125. The average Bonchev–Trinajstić information content (AvgIpc) is 2.82. The van der Waals surface area contributed by atoms with E-state index in [2.05, 4.69) is 24.5 Å². The summed E-state index contributed by atoms with van der Waals surface area (Å²) in [6, 6.07) is 14.3. The lowest BCUT2D eigenvalue weighted by atomic mass is 9.87. The molecule has 0 radical (unpaired) electrons. The minimum Gasteiger partial charge on any atom is -0.352 e. The van der Waals surface area contributed by atoms with Crippen LogP contribution < -0.4 is 10.6 Å². The topological polar surface area (TPSA) is 78.5 Å². The van der Waals surface area contributed by atoms with Crippen LogP contribution >= 0.6 is 0 Å². The number of hydrogen-bond donors (Lipinski definition) is 2. The van der Waals surface area contributed by atoms with Crippen molar-refractivity contribution in [3.05, 3.63) is 70.8 Å². The van der Waals surface area contributed by atoms with Gasteiger partial charge in [0.1, 0.15) is 6.04 Å². The predicted octanol–water partition coefficient (Wildman–Crippen LogP) is 4.11. The molecule has 2 unspecified atom stereocenters. The first-order chi connectivity index (χ1) is 16.2. The summed E-state index contributed by atoms with van der Waals surface area (Å²) < 4.78 is 0. The Labute approximate surface area is 203 Å². The molecule has 0 spiro atoms. The minimum atomic E-state index is -0.647. The van der Waals surface area contributed by atoms with E-state index in [4.69, 9.17) is 0 Å². The quantitative estimate of drug-likeness (QED) is 0.649. The van der Waals surface area contributed by atoms with Crippen LogP contribution in [0, 0.1) is 25.7 Å². The summed E-state index contributed by atoms with van der Waals surface area (Å²) in [5.74, 6) is -0.164. The van der Waals surface area contributed by atoms with Crippen molar-refractivity contribution in [1.29, 1.82) is 0 Å². The minimum absolute atomic E-state index is 0.00549. The fraction of sp³-hybridized carbons (Fsp3) is 0.464. The smallest absolute Gasteiger partial charge is 0.253 e. The molecule has 6 nitrogen and oxygen atoms in total. The third-order valence-corrected chi connectivity index (χ3v) is 6.82. The van der Waals surface area contributed by atoms with Crippen molar-refractivity contribution in [2.45, 2.75) is 59.5 Å². The van der Waals surface area contributed by atoms with Gasteiger partial charge in [-0.15, -0.1) is 0 Å². The van der Waals surface area contributed by atoms with Gasteiger partial charge in [-0.2, -0.15) is 0 Å². The Hall–Kier alpha value is -3.15. The van der Waals surface area contributed by atoms with Crippen LogP contribution in [-0.2, 0) is 4.79 Å². The van der Waals surface area contributed by atoms with Crippen LogP contribution in [0.25, 0.3) is 0 Å². The molecule has 2 aromatic rings. The van der Waals surface area contributed by atoms with Crippen LogP contribution in [0.15, 0.2) is 48.5 Å². The zero-order valence-corrected chi connectivity index (χ0v) is 20.9. The van der Waals surface area contributed by atoms with Crippen LogP contribution in [0.2, 0.25) is 0 Å². The molecule has 1 heterocycles. The third kappa shape index (κ3) is 6.46. The Morgan fingerprint density at radius 1 is 0.853 bits per heavy atom. The van der Waals surface area contributed by atoms with Gasteiger partial charge in [-0.1, -0.05) is 49.2 Å². The Bertz CT molecular complexity index is 1010. The molecule has 2 N–H and O–H groups in total. The van der Waals surface area contributed by atoms with E-state index in [0.29, 0.717) is 37.1 Å². The van der Waals surface area contributed by atoms with Gasteiger partial charge in [-0.05, 0) is 69.7 Å². The number of nitrogens with one attached hydrogen (secondary N) is 2. The molecular formula is C28H37N3O3. The van der Waals surface area contributed by atoms with Gasteiger partial charge in [0.25, 0.3) is 11.8 Å². The maximum atomic E-state index is 13.3. The lowest BCUT2D eigenvalue weighted by Crippen LogP contribution is -2.55. The summed E-state index contributed by atoms with van der Waals surface area (Å²) in [7, 11) is 0. The molecule has 0 aromatic heterocycles. The number of likely N-dealkylation sites (tertiary alicyclic amines) is 1. The van der Waals surface area contributed by atoms with Crippen molar-refractivity contribution in [2.75, 3.05) is 13.1 Å². The van der Waals surface area contributed by atoms with Crippen LogP contribution in [0.3, 0.4) is 0 Å². The number of carbonyl (C=O) groups is 3. The molecule has 182 valence electrons. The summed E-state index contributed by atoms with van der Waals surface area (Å²) >= 11 is 0. The van der Waals surface area contributed by atoms with E-state index < -0.39 is 6.04 Å². The monoisotopic (exact) mass is 463 g/mol. The van der Waals surface area contributed by atoms with Crippen molar-refractivity contribution in [2.24, 2.45) is 11.8 Å². The Morgan fingerprint density at radius 2 is 1.50 bits per heavy atom. The van der Waals surface area contributed by atoms with E-state index in [1.807, 2.05) is 68.1 Å². The standard InChI is InChI=1S/C28H37N3O3/c1-18(2)21(5)29-27(33)25(30-26(32)24-8-6-7-20(4)17-24)22-13-15-31(16-14-22)28(34)23-11-9-19(3)10-12-23/h6-12,17-18,21-22,25H,13-16H2,1-5H3,(H,29,33)(H,30,32). The summed E-state index contributed by atoms with van der Waals surface area (Å²) in [4.78, 5) is 41.0. The second-order valence-corrected chi connectivity index (χ2v) is 9.86. The number of amides is 3. The molecule has 1 saturated heterocycles. The second-order valence-electron chi connectivity index (χ2n) is 9.86. The summed E-state index contributed by atoms with van der Waals surface area (Å²) in [6.07, 6.45) is 1.31. The van der Waals surface area contributed by atoms with Crippen molar-refractivity contribution < 1.29 is 14.4 Å². The van der Waals surface area contributed by atoms with Crippen LogP contribution in [-0.4, -0.2) is 47.8 Å². The van der Waals surface area contributed by atoms with Gasteiger partial charge in [0.05, 0.1) is 0 Å². The fourth-order valence-electron chi connectivity index (χ4n) is 4.20. The van der Waals surface area contributed by atoms with Gasteiger partial charge in [0.2, 0.25) is 5.91 Å². The van der Waals surface area contributed by atoms with E-state index in [0.717, 1.165) is 11.1 Å². The highest BCUT2D eigenvalue weighted by molar-refractivity contribution is 5.98. The van der Waals surface area contributed by atoms with Crippen molar-refractivity contribution in [1.82, 2.24) is 15.5 Å². The molecule has 0 saturated carbocycles. The predicted molar refractivity (Wildman–Crippen MR) is 135 cm³/mol. The summed E-state index contributed by atoms with van der Waals surface area (Å²) in [6.45, 7) is 11.1. The van der Waals surface area contributed by atoms with Gasteiger partial charge >= 0.3 is 0 Å². The van der Waals surface area contributed by atoms with Crippen LogP contribution in [0.4, 0.5) is 0 Å². The van der Waals surface area contributed by atoms with Crippen molar-refractivity contribution in [3.8, 4) is 0 Å². The van der Waals surface area contributed by atoms with Gasteiger partial charge in [0, 0.05) is 30.3 Å². The first-order valence-electron chi connectivity index (χ1n) is 12.2. The molecule has 2 atom stereocenters. The van der Waals surface area contributed by atoms with Crippen LogP contribution in [0.5, 0.6) is 0 Å². The summed E-state index contributed by atoms with van der Waals surface area (Å²) in [5, 5.41) is 6.08. The molecule has 1 aliphatic heterocycles. The highest BCUT2D eigenvalue weighted by Crippen LogP contribution is 2.23. The zero-order chi connectivity index (χ0) is 24.8. The van der Waals surface area contributed by atoms with Gasteiger partial charge < -0.3 is 15.5 Å². The van der Waals surface area contributed by atoms with Gasteiger partial charge in [-0.25, -0.2) is 0 Å². The lowest BCUT2D eigenvalue weighted by Gasteiger charge is -2.36. The third-order valence-electron chi connectivity index (χ3n) is 6.82. The normalized spacial score (nSPS) is 16.1. The first kappa shape index (κ1) is 25.5. The maximum absolute atomic E-state index is 13.3. The molecule has 1 aliphatic rings. The van der Waals surface area contributed by atoms with Gasteiger partial charge in [-0.3, -0.25) is 14.4 Å². The fourth-order valence-corrected chi connectivity index (χ4v) is 4.20. The second kappa shape index (κ2) is 11.3. The van der Waals surface area contributed by atoms with Crippen molar-refractivity contribution in [3.63, 3.8) is 0 Å². The molecule has 0 bridgehead atoms. The van der Waals surface area contributed by atoms with E-state index in [9.17, 15) is 14.4 Å². The highest BCUT2D eigenvalue weighted by atomic mass is 16.2. The van der Waals surface area contributed by atoms with E-state index in [1.54, 1.807) is 6.07 Å². The Balaban J connectivity index is 1.71. The largest absolute Gasteiger partial charge is 0.352 e. The van der Waals surface area contributed by atoms with E-state index in [-0.39, 0.29) is 35.6 Å². The average molecular weight is 464 g/mol. The maximum Gasteiger partial charge on any atom is 0.253 e.